The maximum atomic E-state index is 11.1. The third kappa shape index (κ3) is 1.48. The predicted octanol–water partition coefficient (Wildman–Crippen LogP) is 1.36. The highest BCUT2D eigenvalue weighted by Crippen LogP contribution is 2.34. The molecule has 0 aromatic carbocycles. The zero-order chi connectivity index (χ0) is 10.1. The standard InChI is InChI=1S/C10H17NO2/c1-4-6-11-7-5-8(2)10(11,3)9(12)13/h4,8H,1,5-7H2,2-3H3,(H,12,13)/t8-,10+/m0/s1. The van der Waals surface area contributed by atoms with Crippen LogP contribution in [0.25, 0.3) is 0 Å². The van der Waals surface area contributed by atoms with Gasteiger partial charge in [-0.1, -0.05) is 13.0 Å². The Morgan fingerprint density at radius 3 is 2.92 bits per heavy atom. The van der Waals surface area contributed by atoms with Crippen LogP contribution in [0.1, 0.15) is 20.3 Å². The molecule has 0 bridgehead atoms. The first-order chi connectivity index (χ1) is 6.03. The van der Waals surface area contributed by atoms with Gasteiger partial charge >= 0.3 is 5.97 Å². The van der Waals surface area contributed by atoms with Gasteiger partial charge in [0, 0.05) is 6.54 Å². The topological polar surface area (TPSA) is 40.5 Å². The molecule has 3 nitrogen and oxygen atoms in total. The number of carboxylic acid groups (broad SMARTS) is 1. The fourth-order valence-corrected chi connectivity index (χ4v) is 1.96. The Morgan fingerprint density at radius 1 is 1.85 bits per heavy atom. The fourth-order valence-electron chi connectivity index (χ4n) is 1.96. The molecule has 1 saturated heterocycles. The summed E-state index contributed by atoms with van der Waals surface area (Å²) in [6, 6.07) is 0. The van der Waals surface area contributed by atoms with Crippen LogP contribution in [0, 0.1) is 5.92 Å². The number of rotatable bonds is 3. The summed E-state index contributed by atoms with van der Waals surface area (Å²) in [5, 5.41) is 9.16. The van der Waals surface area contributed by atoms with Crippen LogP contribution in [0.4, 0.5) is 0 Å². The van der Waals surface area contributed by atoms with E-state index in [-0.39, 0.29) is 5.92 Å². The number of carboxylic acids is 1. The largest absolute Gasteiger partial charge is 0.480 e. The number of nitrogens with zero attached hydrogens (tertiary/aromatic N) is 1. The van der Waals surface area contributed by atoms with Gasteiger partial charge in [-0.15, -0.1) is 6.58 Å². The summed E-state index contributed by atoms with van der Waals surface area (Å²) < 4.78 is 0. The van der Waals surface area contributed by atoms with Crippen molar-refractivity contribution in [3.05, 3.63) is 12.7 Å². The molecule has 1 N–H and O–H groups in total. The lowest BCUT2D eigenvalue weighted by Crippen LogP contribution is -2.51. The highest BCUT2D eigenvalue weighted by molar-refractivity contribution is 5.79. The van der Waals surface area contributed by atoms with E-state index in [1.54, 1.807) is 13.0 Å². The van der Waals surface area contributed by atoms with E-state index in [0.717, 1.165) is 13.0 Å². The van der Waals surface area contributed by atoms with Gasteiger partial charge in [0.1, 0.15) is 5.54 Å². The molecule has 1 fully saturated rings. The quantitative estimate of drug-likeness (QED) is 0.671. The highest BCUT2D eigenvalue weighted by atomic mass is 16.4. The normalized spacial score (nSPS) is 34.8. The molecular weight excluding hydrogens is 166 g/mol. The Balaban J connectivity index is 2.87. The average Bonchev–Trinajstić information content (AvgIpc) is 2.34. The summed E-state index contributed by atoms with van der Waals surface area (Å²) in [5.41, 5.74) is -0.700. The number of carbonyl (C=O) groups is 1. The van der Waals surface area contributed by atoms with Crippen molar-refractivity contribution in [3.63, 3.8) is 0 Å². The monoisotopic (exact) mass is 183 g/mol. The lowest BCUT2D eigenvalue weighted by molar-refractivity contribution is -0.150. The molecule has 0 saturated carbocycles. The zero-order valence-electron chi connectivity index (χ0n) is 8.29. The van der Waals surface area contributed by atoms with Gasteiger partial charge in [-0.2, -0.15) is 0 Å². The van der Waals surface area contributed by atoms with Crippen LogP contribution in [0.3, 0.4) is 0 Å². The van der Waals surface area contributed by atoms with Crippen LogP contribution in [0.5, 0.6) is 0 Å². The second-order valence-corrected chi connectivity index (χ2v) is 3.88. The van der Waals surface area contributed by atoms with E-state index in [2.05, 4.69) is 6.58 Å². The first-order valence-electron chi connectivity index (χ1n) is 4.62. The lowest BCUT2D eigenvalue weighted by Gasteiger charge is -2.33. The van der Waals surface area contributed by atoms with E-state index < -0.39 is 11.5 Å². The van der Waals surface area contributed by atoms with Crippen molar-refractivity contribution in [2.75, 3.05) is 13.1 Å². The molecule has 1 rings (SSSR count). The zero-order valence-corrected chi connectivity index (χ0v) is 8.29. The van der Waals surface area contributed by atoms with Crippen LogP contribution in [-0.2, 0) is 4.79 Å². The Kier molecular flexibility index (Phi) is 2.76. The fraction of sp³-hybridized carbons (Fsp3) is 0.700. The number of hydrogen-bond donors (Lipinski definition) is 1. The summed E-state index contributed by atoms with van der Waals surface area (Å²) in [4.78, 5) is 13.1. The van der Waals surface area contributed by atoms with Crippen molar-refractivity contribution in [1.29, 1.82) is 0 Å². The molecule has 1 aliphatic heterocycles. The van der Waals surface area contributed by atoms with Gasteiger partial charge in [0.2, 0.25) is 0 Å². The highest BCUT2D eigenvalue weighted by Gasteiger charge is 2.48. The van der Waals surface area contributed by atoms with Gasteiger partial charge in [0.05, 0.1) is 0 Å². The summed E-state index contributed by atoms with van der Waals surface area (Å²) in [5.74, 6) is -0.510. The Bertz CT molecular complexity index is 227. The molecule has 0 aromatic heterocycles. The number of aliphatic carboxylic acids is 1. The smallest absolute Gasteiger partial charge is 0.324 e. The minimum Gasteiger partial charge on any atom is -0.480 e. The molecule has 2 atom stereocenters. The van der Waals surface area contributed by atoms with Crippen molar-refractivity contribution >= 4 is 5.97 Å². The molecule has 0 aliphatic carbocycles. The Morgan fingerprint density at radius 2 is 2.46 bits per heavy atom. The average molecular weight is 183 g/mol. The van der Waals surface area contributed by atoms with E-state index >= 15 is 0 Å². The van der Waals surface area contributed by atoms with Gasteiger partial charge in [0.25, 0.3) is 0 Å². The van der Waals surface area contributed by atoms with Crippen LogP contribution < -0.4 is 0 Å². The lowest BCUT2D eigenvalue weighted by atomic mass is 9.88. The van der Waals surface area contributed by atoms with E-state index in [9.17, 15) is 4.79 Å². The van der Waals surface area contributed by atoms with Crippen molar-refractivity contribution in [3.8, 4) is 0 Å². The molecule has 1 heterocycles. The van der Waals surface area contributed by atoms with Crippen molar-refractivity contribution in [2.24, 2.45) is 5.92 Å². The minimum absolute atomic E-state index is 0.213. The molecule has 0 unspecified atom stereocenters. The Labute approximate surface area is 79.0 Å². The van der Waals surface area contributed by atoms with E-state index in [4.69, 9.17) is 5.11 Å². The van der Waals surface area contributed by atoms with E-state index in [1.165, 1.54) is 0 Å². The molecular formula is C10H17NO2. The third-order valence-electron chi connectivity index (χ3n) is 3.23. The second kappa shape index (κ2) is 3.50. The van der Waals surface area contributed by atoms with Crippen molar-refractivity contribution in [1.82, 2.24) is 4.90 Å². The molecule has 0 spiro atoms. The summed E-state index contributed by atoms with van der Waals surface area (Å²) in [6.45, 7) is 8.96. The van der Waals surface area contributed by atoms with Crippen LogP contribution in [-0.4, -0.2) is 34.6 Å². The molecule has 13 heavy (non-hydrogen) atoms. The summed E-state index contributed by atoms with van der Waals surface area (Å²) in [6.07, 6.45) is 2.72. The SMILES string of the molecule is C=CCN1CC[C@H](C)[C@]1(C)C(=O)O. The van der Waals surface area contributed by atoms with Gasteiger partial charge in [-0.05, 0) is 25.8 Å². The van der Waals surface area contributed by atoms with Crippen molar-refractivity contribution < 1.29 is 9.90 Å². The Hall–Kier alpha value is -0.830. The van der Waals surface area contributed by atoms with E-state index in [0.29, 0.717) is 6.54 Å². The molecule has 0 aromatic rings. The minimum atomic E-state index is -0.723. The molecule has 0 radical (unpaired) electrons. The molecule has 3 heteroatoms. The summed E-state index contributed by atoms with van der Waals surface area (Å²) in [7, 11) is 0. The van der Waals surface area contributed by atoms with Crippen LogP contribution in [0.15, 0.2) is 12.7 Å². The van der Waals surface area contributed by atoms with Gasteiger partial charge in [-0.3, -0.25) is 9.69 Å². The van der Waals surface area contributed by atoms with Gasteiger partial charge < -0.3 is 5.11 Å². The number of hydrogen-bond acceptors (Lipinski definition) is 2. The number of likely N-dealkylation sites (tertiary alicyclic amines) is 1. The molecule has 1 aliphatic rings. The maximum Gasteiger partial charge on any atom is 0.324 e. The maximum absolute atomic E-state index is 11.1. The first kappa shape index (κ1) is 10.3. The van der Waals surface area contributed by atoms with Gasteiger partial charge in [0.15, 0.2) is 0 Å². The molecule has 0 amide bonds. The van der Waals surface area contributed by atoms with Gasteiger partial charge in [-0.25, -0.2) is 0 Å². The second-order valence-electron chi connectivity index (χ2n) is 3.88. The van der Waals surface area contributed by atoms with E-state index in [1.807, 2.05) is 11.8 Å². The molecule has 74 valence electrons. The van der Waals surface area contributed by atoms with Crippen LogP contribution >= 0.6 is 0 Å². The van der Waals surface area contributed by atoms with Crippen molar-refractivity contribution in [2.45, 2.75) is 25.8 Å². The van der Waals surface area contributed by atoms with Crippen LogP contribution in [0.2, 0.25) is 0 Å². The third-order valence-corrected chi connectivity index (χ3v) is 3.23. The summed E-state index contributed by atoms with van der Waals surface area (Å²) >= 11 is 0. The predicted molar refractivity (Wildman–Crippen MR) is 51.6 cm³/mol. The first-order valence-corrected chi connectivity index (χ1v) is 4.62.